The summed E-state index contributed by atoms with van der Waals surface area (Å²) in [6, 6.07) is 8.00. The van der Waals surface area contributed by atoms with E-state index in [9.17, 15) is 24.9 Å². The summed E-state index contributed by atoms with van der Waals surface area (Å²) in [5, 5.41) is 28.5. The van der Waals surface area contributed by atoms with Gasteiger partial charge in [-0.15, -0.1) is 0 Å². The molecule has 1 aromatic heterocycles. The first-order valence-electron chi connectivity index (χ1n) is 11.9. The molecular formula is C27H33N3O6. The maximum Gasteiger partial charge on any atom is 0.335 e. The van der Waals surface area contributed by atoms with E-state index >= 15 is 0 Å². The Kier molecular flexibility index (Phi) is 9.04. The van der Waals surface area contributed by atoms with Crippen LogP contribution in [0.3, 0.4) is 0 Å². The number of ether oxygens (including phenoxy) is 1. The summed E-state index contributed by atoms with van der Waals surface area (Å²) in [4.78, 5) is 32.8. The zero-order chi connectivity index (χ0) is 26.4. The molecule has 1 aromatic carbocycles. The van der Waals surface area contributed by atoms with E-state index in [1.165, 1.54) is 6.20 Å². The number of aromatic nitrogens is 1. The summed E-state index contributed by atoms with van der Waals surface area (Å²) in [5.74, 6) is 4.29. The molecule has 0 saturated carbocycles. The third-order valence-corrected chi connectivity index (χ3v) is 6.06. The Hall–Kier alpha value is -3.45. The Bertz CT molecular complexity index is 1160. The van der Waals surface area contributed by atoms with E-state index in [0.29, 0.717) is 25.2 Å². The predicted octanol–water partition coefficient (Wildman–Crippen LogP) is 1.86. The van der Waals surface area contributed by atoms with Gasteiger partial charge in [0.15, 0.2) is 0 Å². The molecule has 3 N–H and O–H groups in total. The first kappa shape index (κ1) is 27.1. The third kappa shape index (κ3) is 6.82. The van der Waals surface area contributed by atoms with Gasteiger partial charge in [0, 0.05) is 37.3 Å². The minimum atomic E-state index is -0.973. The lowest BCUT2D eigenvalue weighted by molar-refractivity contribution is 0.0324. The van der Waals surface area contributed by atoms with Gasteiger partial charge in [0.05, 0.1) is 18.2 Å². The Morgan fingerprint density at radius 1 is 1.33 bits per heavy atom. The lowest BCUT2D eigenvalue weighted by atomic mass is 9.99. The average Bonchev–Trinajstić information content (AvgIpc) is 2.84. The van der Waals surface area contributed by atoms with Crippen LogP contribution in [0.1, 0.15) is 52.6 Å². The number of nitrogens with zero attached hydrogens (tertiary/aromatic N) is 3. The SMILES string of the molecule is C[C@@H]1CN([C@@H](C)CO)C(=O)c2cc(C#C[C@@H](C)O)cnc2O[C@H]1CN(C)Cc1cccc(C(=O)O)c1. The summed E-state index contributed by atoms with van der Waals surface area (Å²) in [6.07, 6.45) is 0.354. The summed E-state index contributed by atoms with van der Waals surface area (Å²) >= 11 is 0. The van der Waals surface area contributed by atoms with Gasteiger partial charge in [-0.25, -0.2) is 9.78 Å². The number of benzene rings is 1. The van der Waals surface area contributed by atoms with E-state index in [1.807, 2.05) is 24.9 Å². The van der Waals surface area contributed by atoms with Gasteiger partial charge in [0.1, 0.15) is 17.8 Å². The molecule has 36 heavy (non-hydrogen) atoms. The monoisotopic (exact) mass is 495 g/mol. The van der Waals surface area contributed by atoms with Crippen LogP contribution in [0.25, 0.3) is 0 Å². The van der Waals surface area contributed by atoms with E-state index in [4.69, 9.17) is 4.74 Å². The molecular weight excluding hydrogens is 462 g/mol. The molecule has 3 rings (SSSR count). The van der Waals surface area contributed by atoms with Crippen molar-refractivity contribution in [3.05, 3.63) is 58.8 Å². The first-order valence-corrected chi connectivity index (χ1v) is 11.9. The standard InChI is InChI=1S/C27H33N3O6/c1-17-13-30(18(2)16-31)26(33)23-11-20(9-8-19(3)32)12-28-25(23)36-24(17)15-29(4)14-21-6-5-7-22(10-21)27(34)35/h5-7,10-12,17-19,24,31-32H,13-16H2,1-4H3,(H,34,35)/t17-,18+,19-,24+/m1/s1. The average molecular weight is 496 g/mol. The molecule has 1 aliphatic heterocycles. The highest BCUT2D eigenvalue weighted by atomic mass is 16.5. The number of hydrogen-bond acceptors (Lipinski definition) is 7. The highest BCUT2D eigenvalue weighted by Crippen LogP contribution is 2.27. The van der Waals surface area contributed by atoms with Crippen LogP contribution in [-0.2, 0) is 6.54 Å². The molecule has 0 saturated heterocycles. The summed E-state index contributed by atoms with van der Waals surface area (Å²) in [5.41, 5.74) is 1.82. The Labute approximate surface area is 211 Å². The van der Waals surface area contributed by atoms with Crippen LogP contribution in [0.2, 0.25) is 0 Å². The number of carboxylic acids is 1. The second-order valence-corrected chi connectivity index (χ2v) is 9.35. The predicted molar refractivity (Wildman–Crippen MR) is 134 cm³/mol. The molecule has 1 amide bonds. The second kappa shape index (κ2) is 12.0. The number of rotatable bonds is 7. The molecule has 0 bridgehead atoms. The van der Waals surface area contributed by atoms with Crippen molar-refractivity contribution in [2.24, 2.45) is 5.92 Å². The molecule has 0 fully saturated rings. The van der Waals surface area contributed by atoms with E-state index < -0.39 is 18.1 Å². The number of hydrogen-bond donors (Lipinski definition) is 3. The first-order chi connectivity index (χ1) is 17.1. The number of aliphatic hydroxyl groups is 2. The Morgan fingerprint density at radius 2 is 2.08 bits per heavy atom. The van der Waals surface area contributed by atoms with Crippen molar-refractivity contribution in [3.63, 3.8) is 0 Å². The van der Waals surface area contributed by atoms with Crippen molar-refractivity contribution in [1.29, 1.82) is 0 Å². The molecule has 0 spiro atoms. The van der Waals surface area contributed by atoms with Crippen molar-refractivity contribution in [1.82, 2.24) is 14.8 Å². The molecule has 4 atom stereocenters. The van der Waals surface area contributed by atoms with Gasteiger partial charge in [-0.1, -0.05) is 30.9 Å². The van der Waals surface area contributed by atoms with Crippen LogP contribution in [0.4, 0.5) is 0 Å². The van der Waals surface area contributed by atoms with Gasteiger partial charge < -0.3 is 25.0 Å². The fourth-order valence-corrected chi connectivity index (χ4v) is 4.06. The molecule has 0 aliphatic carbocycles. The maximum atomic E-state index is 13.4. The molecule has 9 nitrogen and oxygen atoms in total. The van der Waals surface area contributed by atoms with Gasteiger partial charge >= 0.3 is 5.97 Å². The van der Waals surface area contributed by atoms with Gasteiger partial charge in [-0.2, -0.15) is 0 Å². The van der Waals surface area contributed by atoms with E-state index in [-0.39, 0.29) is 41.5 Å². The van der Waals surface area contributed by atoms with Gasteiger partial charge in [0.2, 0.25) is 5.88 Å². The molecule has 2 aromatic rings. The largest absolute Gasteiger partial charge is 0.478 e. The Morgan fingerprint density at radius 3 is 2.75 bits per heavy atom. The van der Waals surface area contributed by atoms with E-state index in [2.05, 4.69) is 16.8 Å². The number of amides is 1. The lowest BCUT2D eigenvalue weighted by Crippen LogP contribution is -2.49. The molecule has 0 radical (unpaired) electrons. The minimum Gasteiger partial charge on any atom is -0.478 e. The lowest BCUT2D eigenvalue weighted by Gasteiger charge is -2.37. The van der Waals surface area contributed by atoms with E-state index in [1.54, 1.807) is 43.0 Å². The summed E-state index contributed by atoms with van der Waals surface area (Å²) < 4.78 is 6.28. The highest BCUT2D eigenvalue weighted by Gasteiger charge is 2.34. The Balaban J connectivity index is 1.89. The quantitative estimate of drug-likeness (QED) is 0.498. The number of fused-ring (bicyclic) bond motifs is 1. The maximum absolute atomic E-state index is 13.4. The van der Waals surface area contributed by atoms with Crippen LogP contribution in [0, 0.1) is 17.8 Å². The molecule has 9 heteroatoms. The summed E-state index contributed by atoms with van der Waals surface area (Å²) in [7, 11) is 1.92. The fourth-order valence-electron chi connectivity index (χ4n) is 4.06. The van der Waals surface area contributed by atoms with Gasteiger partial charge in [-0.05, 0) is 44.7 Å². The zero-order valence-corrected chi connectivity index (χ0v) is 21.0. The van der Waals surface area contributed by atoms with Crippen molar-refractivity contribution in [3.8, 4) is 17.7 Å². The molecule has 192 valence electrons. The summed E-state index contributed by atoms with van der Waals surface area (Å²) in [6.45, 7) is 6.52. The molecule has 0 unspecified atom stereocenters. The number of likely N-dealkylation sites (N-methyl/N-ethyl adjacent to an activating group) is 1. The normalized spacial score (nSPS) is 19.3. The number of carbonyl (C=O) groups excluding carboxylic acids is 1. The fraction of sp³-hybridized carbons (Fsp3) is 0.444. The van der Waals surface area contributed by atoms with Gasteiger partial charge in [0.25, 0.3) is 5.91 Å². The number of carbonyl (C=O) groups is 2. The zero-order valence-electron chi connectivity index (χ0n) is 21.0. The highest BCUT2D eigenvalue weighted by molar-refractivity contribution is 5.97. The third-order valence-electron chi connectivity index (χ3n) is 6.06. The van der Waals surface area contributed by atoms with Crippen LogP contribution in [0.5, 0.6) is 5.88 Å². The second-order valence-electron chi connectivity index (χ2n) is 9.35. The van der Waals surface area contributed by atoms with Gasteiger partial charge in [-0.3, -0.25) is 9.69 Å². The van der Waals surface area contributed by atoms with Crippen molar-refractivity contribution in [2.75, 3.05) is 26.7 Å². The number of aromatic carboxylic acids is 1. The number of carboxylic acid groups (broad SMARTS) is 1. The molecule has 1 aliphatic rings. The minimum absolute atomic E-state index is 0.0830. The van der Waals surface area contributed by atoms with Crippen LogP contribution >= 0.6 is 0 Å². The number of pyridine rings is 1. The van der Waals surface area contributed by atoms with Crippen LogP contribution in [0.15, 0.2) is 36.5 Å². The smallest absolute Gasteiger partial charge is 0.335 e. The van der Waals surface area contributed by atoms with Crippen LogP contribution in [-0.4, -0.2) is 87.0 Å². The van der Waals surface area contributed by atoms with Crippen molar-refractivity contribution in [2.45, 2.75) is 45.6 Å². The van der Waals surface area contributed by atoms with Crippen molar-refractivity contribution >= 4 is 11.9 Å². The number of aliphatic hydroxyl groups excluding tert-OH is 2. The van der Waals surface area contributed by atoms with Crippen molar-refractivity contribution < 1.29 is 29.6 Å². The molecule has 2 heterocycles. The van der Waals surface area contributed by atoms with E-state index in [0.717, 1.165) is 5.56 Å². The van der Waals surface area contributed by atoms with Crippen LogP contribution < -0.4 is 4.74 Å². The topological polar surface area (TPSA) is 123 Å².